The highest BCUT2D eigenvalue weighted by molar-refractivity contribution is 6.03. The predicted octanol–water partition coefficient (Wildman–Crippen LogP) is 1.52. The summed E-state index contributed by atoms with van der Waals surface area (Å²) < 4.78 is 5.46. The number of hydrogen-bond donors (Lipinski definition) is 0. The predicted molar refractivity (Wildman–Crippen MR) is 72.6 cm³/mol. The smallest absolute Gasteiger partial charge is 0.264 e. The molecule has 0 aromatic heterocycles. The van der Waals surface area contributed by atoms with Crippen molar-refractivity contribution in [2.75, 3.05) is 31.6 Å². The Morgan fingerprint density at radius 1 is 1.37 bits per heavy atom. The van der Waals surface area contributed by atoms with Gasteiger partial charge in [0.15, 0.2) is 12.4 Å². The summed E-state index contributed by atoms with van der Waals surface area (Å²) in [4.78, 5) is 27.3. The number of carbonyl (C=O) groups is 2. The Balaban J connectivity index is 2.44. The van der Waals surface area contributed by atoms with Crippen LogP contribution < -0.4 is 9.64 Å². The lowest BCUT2D eigenvalue weighted by Gasteiger charge is -2.28. The van der Waals surface area contributed by atoms with E-state index in [0.717, 1.165) is 0 Å². The number of rotatable bonds is 3. The van der Waals surface area contributed by atoms with Gasteiger partial charge in [-0.15, -0.1) is 0 Å². The molecule has 5 nitrogen and oxygen atoms in total. The van der Waals surface area contributed by atoms with Crippen molar-refractivity contribution >= 4 is 17.5 Å². The summed E-state index contributed by atoms with van der Waals surface area (Å²) >= 11 is 0. The van der Waals surface area contributed by atoms with Gasteiger partial charge >= 0.3 is 0 Å². The highest BCUT2D eigenvalue weighted by Gasteiger charge is 2.27. The fraction of sp³-hybridized carbons (Fsp3) is 0.429. The Morgan fingerprint density at radius 3 is 2.68 bits per heavy atom. The molecule has 0 saturated carbocycles. The average Bonchev–Trinajstić information content (AvgIpc) is 2.43. The van der Waals surface area contributed by atoms with Gasteiger partial charge in [-0.05, 0) is 26.0 Å². The van der Waals surface area contributed by atoms with Crippen LogP contribution in [0.1, 0.15) is 24.2 Å². The molecule has 0 N–H and O–H groups in total. The van der Waals surface area contributed by atoms with E-state index in [-0.39, 0.29) is 18.4 Å². The van der Waals surface area contributed by atoms with Crippen molar-refractivity contribution in [3.63, 3.8) is 0 Å². The normalized spacial score (nSPS) is 13.8. The molecule has 0 radical (unpaired) electrons. The summed E-state index contributed by atoms with van der Waals surface area (Å²) in [5.74, 6) is 0.325. The minimum atomic E-state index is -0.111. The van der Waals surface area contributed by atoms with E-state index in [0.29, 0.717) is 30.1 Å². The van der Waals surface area contributed by atoms with Crippen LogP contribution in [-0.4, -0.2) is 43.5 Å². The molecule has 0 unspecified atom stereocenters. The van der Waals surface area contributed by atoms with Crippen LogP contribution in [0, 0.1) is 0 Å². The molecule has 2 rings (SSSR count). The average molecular weight is 262 g/mol. The largest absolute Gasteiger partial charge is 0.481 e. The Kier molecular flexibility index (Phi) is 3.74. The molecule has 1 aromatic carbocycles. The van der Waals surface area contributed by atoms with Gasteiger partial charge in [-0.1, -0.05) is 6.07 Å². The van der Waals surface area contributed by atoms with Gasteiger partial charge in [0.1, 0.15) is 0 Å². The molecule has 1 aliphatic rings. The summed E-state index contributed by atoms with van der Waals surface area (Å²) in [6.45, 7) is 5.15. The fourth-order valence-electron chi connectivity index (χ4n) is 2.16. The second-order valence-corrected chi connectivity index (χ2v) is 4.37. The van der Waals surface area contributed by atoms with E-state index in [1.54, 1.807) is 30.1 Å². The van der Waals surface area contributed by atoms with E-state index in [4.69, 9.17) is 4.74 Å². The molecule has 19 heavy (non-hydrogen) atoms. The van der Waals surface area contributed by atoms with Gasteiger partial charge in [-0.3, -0.25) is 9.59 Å². The van der Waals surface area contributed by atoms with Gasteiger partial charge in [0, 0.05) is 20.1 Å². The molecule has 2 amide bonds. The van der Waals surface area contributed by atoms with Crippen molar-refractivity contribution in [2.45, 2.75) is 13.8 Å². The summed E-state index contributed by atoms with van der Waals surface area (Å²) in [7, 11) is 1.69. The van der Waals surface area contributed by atoms with Crippen LogP contribution in [0.5, 0.6) is 5.75 Å². The van der Waals surface area contributed by atoms with Gasteiger partial charge in [-0.25, -0.2) is 0 Å². The molecule has 0 aliphatic carbocycles. The molecule has 1 heterocycles. The Hall–Kier alpha value is -2.04. The van der Waals surface area contributed by atoms with Gasteiger partial charge in [0.05, 0.1) is 11.3 Å². The van der Waals surface area contributed by atoms with Crippen LogP contribution >= 0.6 is 0 Å². The van der Waals surface area contributed by atoms with Crippen LogP contribution in [0.25, 0.3) is 0 Å². The minimum Gasteiger partial charge on any atom is -0.481 e. The number of nitrogens with zero attached hydrogens (tertiary/aromatic N) is 2. The maximum Gasteiger partial charge on any atom is 0.264 e. The second-order valence-electron chi connectivity index (χ2n) is 4.37. The zero-order chi connectivity index (χ0) is 14.0. The molecule has 102 valence electrons. The molecule has 1 aliphatic heterocycles. The van der Waals surface area contributed by atoms with E-state index in [2.05, 4.69) is 0 Å². The number of amides is 2. The minimum absolute atomic E-state index is 0.0218. The number of carbonyl (C=O) groups excluding carboxylic acids is 2. The van der Waals surface area contributed by atoms with Crippen molar-refractivity contribution in [2.24, 2.45) is 0 Å². The molecular weight excluding hydrogens is 244 g/mol. The van der Waals surface area contributed by atoms with Crippen molar-refractivity contribution < 1.29 is 14.3 Å². The number of benzene rings is 1. The van der Waals surface area contributed by atoms with Gasteiger partial charge in [-0.2, -0.15) is 0 Å². The summed E-state index contributed by atoms with van der Waals surface area (Å²) in [5, 5.41) is 0. The standard InChI is InChI=1S/C14H18N2O3/c1-4-16(5-2)14(18)10-7-6-8-11-13(10)19-9-12(17)15(11)3/h6-8H,4-5,9H2,1-3H3. The first-order valence-corrected chi connectivity index (χ1v) is 6.41. The van der Waals surface area contributed by atoms with Crippen LogP contribution in [0.15, 0.2) is 18.2 Å². The quantitative estimate of drug-likeness (QED) is 0.830. The highest BCUT2D eigenvalue weighted by atomic mass is 16.5. The number of anilines is 1. The highest BCUT2D eigenvalue weighted by Crippen LogP contribution is 2.35. The Morgan fingerprint density at radius 2 is 2.05 bits per heavy atom. The number of para-hydroxylation sites is 1. The summed E-state index contributed by atoms with van der Waals surface area (Å²) in [6, 6.07) is 5.29. The SMILES string of the molecule is CCN(CC)C(=O)c1cccc2c1OCC(=O)N2C. The van der Waals surface area contributed by atoms with Crippen molar-refractivity contribution in [3.05, 3.63) is 23.8 Å². The van der Waals surface area contributed by atoms with Crippen molar-refractivity contribution in [3.8, 4) is 5.75 Å². The molecule has 0 bridgehead atoms. The van der Waals surface area contributed by atoms with E-state index < -0.39 is 0 Å². The number of hydrogen-bond acceptors (Lipinski definition) is 3. The monoisotopic (exact) mass is 262 g/mol. The molecule has 0 saturated heterocycles. The third kappa shape index (κ3) is 2.28. The first-order chi connectivity index (χ1) is 9.10. The topological polar surface area (TPSA) is 49.9 Å². The maximum atomic E-state index is 12.4. The Bertz CT molecular complexity index is 509. The summed E-state index contributed by atoms with van der Waals surface area (Å²) in [5.41, 5.74) is 1.16. The second kappa shape index (κ2) is 5.30. The van der Waals surface area contributed by atoms with Crippen molar-refractivity contribution in [1.82, 2.24) is 4.90 Å². The molecular formula is C14H18N2O3. The first-order valence-electron chi connectivity index (χ1n) is 6.41. The lowest BCUT2D eigenvalue weighted by atomic mass is 10.1. The molecule has 0 atom stereocenters. The molecule has 1 aromatic rings. The van der Waals surface area contributed by atoms with Crippen LogP contribution in [-0.2, 0) is 4.79 Å². The van der Waals surface area contributed by atoms with Gasteiger partial charge in [0.2, 0.25) is 0 Å². The number of fused-ring (bicyclic) bond motifs is 1. The lowest BCUT2D eigenvalue weighted by molar-refractivity contribution is -0.121. The molecule has 5 heteroatoms. The van der Waals surface area contributed by atoms with E-state index >= 15 is 0 Å². The number of likely N-dealkylation sites (N-methyl/N-ethyl adjacent to an activating group) is 1. The molecule has 0 fully saturated rings. The maximum absolute atomic E-state index is 12.4. The van der Waals surface area contributed by atoms with E-state index in [1.165, 1.54) is 4.90 Å². The third-order valence-electron chi connectivity index (χ3n) is 3.35. The van der Waals surface area contributed by atoms with Gasteiger partial charge < -0.3 is 14.5 Å². The van der Waals surface area contributed by atoms with Crippen LogP contribution in [0.4, 0.5) is 5.69 Å². The van der Waals surface area contributed by atoms with Crippen LogP contribution in [0.2, 0.25) is 0 Å². The lowest BCUT2D eigenvalue weighted by Crippen LogP contribution is -2.37. The fourth-order valence-corrected chi connectivity index (χ4v) is 2.16. The zero-order valence-electron chi connectivity index (χ0n) is 11.5. The zero-order valence-corrected chi connectivity index (χ0v) is 11.5. The van der Waals surface area contributed by atoms with Crippen LogP contribution in [0.3, 0.4) is 0 Å². The Labute approximate surface area is 112 Å². The van der Waals surface area contributed by atoms with E-state index in [9.17, 15) is 9.59 Å². The van der Waals surface area contributed by atoms with E-state index in [1.807, 2.05) is 13.8 Å². The number of ether oxygens (including phenoxy) is 1. The third-order valence-corrected chi connectivity index (χ3v) is 3.35. The van der Waals surface area contributed by atoms with Crippen molar-refractivity contribution in [1.29, 1.82) is 0 Å². The first kappa shape index (κ1) is 13.4. The molecule has 0 spiro atoms. The van der Waals surface area contributed by atoms with Gasteiger partial charge in [0.25, 0.3) is 11.8 Å². The summed E-state index contributed by atoms with van der Waals surface area (Å²) in [6.07, 6.45) is 0.